The Morgan fingerprint density at radius 1 is 1.63 bits per heavy atom. The van der Waals surface area contributed by atoms with Crippen LogP contribution in [0.3, 0.4) is 0 Å². The third kappa shape index (κ3) is 4.05. The van der Waals surface area contributed by atoms with Crippen molar-refractivity contribution in [2.24, 2.45) is 0 Å². The molecule has 0 bridgehead atoms. The molecule has 1 saturated heterocycles. The van der Waals surface area contributed by atoms with Crippen LogP contribution in [0.2, 0.25) is 0 Å². The van der Waals surface area contributed by atoms with Crippen LogP contribution in [-0.2, 0) is 9.30 Å². The Morgan fingerprint density at radius 2 is 2.37 bits per heavy atom. The number of ether oxygens (including phenoxy) is 1. The van der Waals surface area contributed by atoms with E-state index in [0.29, 0.717) is 5.75 Å². The minimum absolute atomic E-state index is 0.143. The van der Waals surface area contributed by atoms with E-state index in [4.69, 9.17) is 20.3 Å². The summed E-state index contributed by atoms with van der Waals surface area (Å²) in [6.07, 6.45) is 1.03. The van der Waals surface area contributed by atoms with E-state index < -0.39 is 19.5 Å². The molecule has 2 heterocycles. The fourth-order valence-corrected chi connectivity index (χ4v) is 3.51. The molecule has 0 saturated carbocycles. The van der Waals surface area contributed by atoms with Crippen molar-refractivity contribution in [1.29, 1.82) is 0 Å². The number of thioether (sulfide) groups is 1. The molecule has 0 aromatic carbocycles. The molecule has 0 aliphatic carbocycles. The zero-order valence-corrected chi connectivity index (χ0v) is 11.6. The fraction of sp³-hybridized carbons (Fsp3) is 0.556. The zero-order valence-electron chi connectivity index (χ0n) is 9.88. The number of nitrogens with zero attached hydrogens (tertiary/aromatic N) is 2. The molecule has 10 heteroatoms. The lowest BCUT2D eigenvalue weighted by Gasteiger charge is -2.14. The largest absolute Gasteiger partial charge is 0.383 e. The quantitative estimate of drug-likeness (QED) is 0.662. The monoisotopic (exact) mass is 307 g/mol. The Labute approximate surface area is 113 Å². The molecule has 0 amide bonds. The standard InChI is InChI=1S/C9H14N3O5PS/c10-6-1-3-12(9(13)11-6)7-5-19-8(17-7)2-4-18(14,15)16/h1,3,7-8H,2,4-5H2,(H2,10,11,13)(H2,14,15,16)/t7-,8+/m1/s1. The van der Waals surface area contributed by atoms with Crippen molar-refractivity contribution < 1.29 is 19.1 Å². The maximum absolute atomic E-state index is 11.6. The maximum Gasteiger partial charge on any atom is 0.351 e. The van der Waals surface area contributed by atoms with Crippen LogP contribution in [0.25, 0.3) is 0 Å². The van der Waals surface area contributed by atoms with Gasteiger partial charge in [0.15, 0.2) is 0 Å². The number of anilines is 1. The van der Waals surface area contributed by atoms with Crippen LogP contribution in [0.4, 0.5) is 5.82 Å². The van der Waals surface area contributed by atoms with Gasteiger partial charge in [0.05, 0.1) is 6.16 Å². The lowest BCUT2D eigenvalue weighted by atomic mass is 10.5. The molecule has 0 radical (unpaired) electrons. The number of nitrogens with two attached hydrogens (primary N) is 1. The van der Waals surface area contributed by atoms with Crippen LogP contribution >= 0.6 is 19.4 Å². The molecule has 1 aromatic heterocycles. The van der Waals surface area contributed by atoms with Crippen LogP contribution in [-0.4, -0.2) is 36.7 Å². The second-order valence-electron chi connectivity index (χ2n) is 4.07. The van der Waals surface area contributed by atoms with Gasteiger partial charge in [0, 0.05) is 11.9 Å². The van der Waals surface area contributed by atoms with Gasteiger partial charge in [-0.3, -0.25) is 9.13 Å². The summed E-state index contributed by atoms with van der Waals surface area (Å²) in [6, 6.07) is 1.50. The first-order valence-electron chi connectivity index (χ1n) is 5.51. The molecule has 106 valence electrons. The maximum atomic E-state index is 11.6. The number of hydrogen-bond acceptors (Lipinski definition) is 6. The van der Waals surface area contributed by atoms with E-state index in [0.717, 1.165) is 0 Å². The second kappa shape index (κ2) is 5.64. The van der Waals surface area contributed by atoms with E-state index in [1.54, 1.807) is 0 Å². The van der Waals surface area contributed by atoms with Gasteiger partial charge in [-0.2, -0.15) is 4.98 Å². The molecule has 19 heavy (non-hydrogen) atoms. The summed E-state index contributed by atoms with van der Waals surface area (Å²) in [7, 11) is -4.02. The highest BCUT2D eigenvalue weighted by Gasteiger charge is 2.29. The summed E-state index contributed by atoms with van der Waals surface area (Å²) in [6.45, 7) is 0. The van der Waals surface area contributed by atoms with Gasteiger partial charge in [0.25, 0.3) is 0 Å². The summed E-state index contributed by atoms with van der Waals surface area (Å²) < 4.78 is 17.7. The number of hydrogen-bond donors (Lipinski definition) is 3. The van der Waals surface area contributed by atoms with Crippen molar-refractivity contribution in [2.45, 2.75) is 18.1 Å². The Morgan fingerprint density at radius 3 is 3.00 bits per heavy atom. The Balaban J connectivity index is 1.98. The smallest absolute Gasteiger partial charge is 0.351 e. The third-order valence-electron chi connectivity index (χ3n) is 2.55. The van der Waals surface area contributed by atoms with E-state index in [9.17, 15) is 9.36 Å². The van der Waals surface area contributed by atoms with Gasteiger partial charge in [-0.1, -0.05) is 0 Å². The minimum Gasteiger partial charge on any atom is -0.383 e. The Hall–Kier alpha value is -0.860. The number of rotatable bonds is 4. The average molecular weight is 307 g/mol. The first-order valence-corrected chi connectivity index (χ1v) is 8.36. The fourth-order valence-electron chi connectivity index (χ4n) is 1.66. The predicted octanol–water partition coefficient (Wildman–Crippen LogP) is -0.0186. The van der Waals surface area contributed by atoms with Crippen LogP contribution in [0.15, 0.2) is 17.1 Å². The Bertz CT molecular complexity index is 559. The molecule has 0 spiro atoms. The van der Waals surface area contributed by atoms with Crippen molar-refractivity contribution in [3.05, 3.63) is 22.7 Å². The van der Waals surface area contributed by atoms with Gasteiger partial charge >= 0.3 is 13.3 Å². The second-order valence-corrected chi connectivity index (χ2v) is 7.04. The normalized spacial score (nSPS) is 23.7. The van der Waals surface area contributed by atoms with Gasteiger partial charge in [0.1, 0.15) is 17.5 Å². The topological polar surface area (TPSA) is 128 Å². The summed E-state index contributed by atoms with van der Waals surface area (Å²) in [4.78, 5) is 32.8. The van der Waals surface area contributed by atoms with Crippen molar-refractivity contribution in [3.63, 3.8) is 0 Å². The van der Waals surface area contributed by atoms with Gasteiger partial charge < -0.3 is 20.3 Å². The van der Waals surface area contributed by atoms with Crippen LogP contribution < -0.4 is 11.4 Å². The lowest BCUT2D eigenvalue weighted by molar-refractivity contribution is 0.0147. The molecule has 1 aromatic rings. The van der Waals surface area contributed by atoms with Crippen molar-refractivity contribution in [1.82, 2.24) is 9.55 Å². The number of nitrogen functional groups attached to an aromatic ring is 1. The van der Waals surface area contributed by atoms with Crippen molar-refractivity contribution in [3.8, 4) is 0 Å². The molecule has 2 rings (SSSR count). The van der Waals surface area contributed by atoms with Gasteiger partial charge in [0.2, 0.25) is 0 Å². The summed E-state index contributed by atoms with van der Waals surface area (Å²) in [5, 5.41) is 0. The molecule has 1 aliphatic rings. The average Bonchev–Trinajstić information content (AvgIpc) is 2.74. The third-order valence-corrected chi connectivity index (χ3v) is 4.59. The highest BCUT2D eigenvalue weighted by atomic mass is 32.2. The zero-order chi connectivity index (χ0) is 14.0. The molecule has 1 aliphatic heterocycles. The van der Waals surface area contributed by atoms with Crippen molar-refractivity contribution in [2.75, 3.05) is 17.6 Å². The molecule has 8 nitrogen and oxygen atoms in total. The van der Waals surface area contributed by atoms with Gasteiger partial charge in [-0.05, 0) is 12.5 Å². The molecular weight excluding hydrogens is 293 g/mol. The molecule has 2 atom stereocenters. The predicted molar refractivity (Wildman–Crippen MR) is 70.8 cm³/mol. The highest BCUT2D eigenvalue weighted by molar-refractivity contribution is 8.00. The lowest BCUT2D eigenvalue weighted by Crippen LogP contribution is -2.28. The van der Waals surface area contributed by atoms with E-state index in [2.05, 4.69) is 4.98 Å². The van der Waals surface area contributed by atoms with Crippen molar-refractivity contribution >= 4 is 25.2 Å². The molecule has 0 unspecified atom stereocenters. The minimum atomic E-state index is -4.02. The molecule has 1 fully saturated rings. The first kappa shape index (κ1) is 14.5. The van der Waals surface area contributed by atoms with E-state index in [-0.39, 0.29) is 23.8 Å². The molecule has 4 N–H and O–H groups in total. The summed E-state index contributed by atoms with van der Waals surface area (Å²) >= 11 is 1.41. The van der Waals surface area contributed by atoms with Crippen LogP contribution in [0.1, 0.15) is 12.6 Å². The van der Waals surface area contributed by atoms with E-state index in [1.165, 1.54) is 28.6 Å². The highest BCUT2D eigenvalue weighted by Crippen LogP contribution is 2.40. The van der Waals surface area contributed by atoms with Crippen LogP contribution in [0.5, 0.6) is 0 Å². The summed E-state index contributed by atoms with van der Waals surface area (Å²) in [5.74, 6) is 0.669. The molecular formula is C9H14N3O5PS. The van der Waals surface area contributed by atoms with E-state index in [1.807, 2.05) is 0 Å². The first-order chi connectivity index (χ1) is 8.85. The SMILES string of the molecule is Nc1ccn([C@H]2CS[C@@H](CCP(=O)(O)O)O2)c(=O)n1. The summed E-state index contributed by atoms with van der Waals surface area (Å²) in [5.41, 5.74) is 4.56. The number of aromatic nitrogens is 2. The van der Waals surface area contributed by atoms with Gasteiger partial charge in [-0.25, -0.2) is 4.79 Å². The van der Waals surface area contributed by atoms with Crippen LogP contribution in [0, 0.1) is 0 Å². The Kier molecular flexibility index (Phi) is 4.32. The van der Waals surface area contributed by atoms with Gasteiger partial charge in [-0.15, -0.1) is 11.8 Å². The van der Waals surface area contributed by atoms with E-state index >= 15 is 0 Å².